The van der Waals surface area contributed by atoms with E-state index in [-0.39, 0.29) is 17.4 Å². The molecule has 0 bridgehead atoms. The maximum Gasteiger partial charge on any atom is 0.408 e. The second-order valence-corrected chi connectivity index (χ2v) is 8.96. The number of benzene rings is 1. The van der Waals surface area contributed by atoms with Crippen LogP contribution in [-0.2, 0) is 14.3 Å². The van der Waals surface area contributed by atoms with E-state index in [0.717, 1.165) is 12.8 Å². The molecular formula is C23H35N3O6. The van der Waals surface area contributed by atoms with Crippen molar-refractivity contribution in [3.8, 4) is 5.75 Å². The summed E-state index contributed by atoms with van der Waals surface area (Å²) in [6, 6.07) is 3.74. The number of para-hydroxylation sites is 1. The monoisotopic (exact) mass is 449 g/mol. The zero-order valence-corrected chi connectivity index (χ0v) is 19.3. The Hall–Kier alpha value is -2.81. The van der Waals surface area contributed by atoms with Crippen LogP contribution in [0.2, 0.25) is 0 Å². The number of phenols is 1. The highest BCUT2D eigenvalue weighted by Crippen LogP contribution is 2.38. The molecule has 4 N–H and O–H groups in total. The number of nitrogens with one attached hydrogen (secondary N) is 2. The average Bonchev–Trinajstić information content (AvgIpc) is 3.54. The van der Waals surface area contributed by atoms with Gasteiger partial charge in [0.1, 0.15) is 23.4 Å². The van der Waals surface area contributed by atoms with Gasteiger partial charge in [0.25, 0.3) is 0 Å². The topological polar surface area (TPSA) is 128 Å². The molecule has 0 heterocycles. The van der Waals surface area contributed by atoms with Crippen molar-refractivity contribution >= 4 is 17.9 Å². The van der Waals surface area contributed by atoms with Gasteiger partial charge < -0.3 is 30.5 Å². The number of amides is 3. The number of carbonyl (C=O) groups is 3. The van der Waals surface area contributed by atoms with Gasteiger partial charge in [-0.05, 0) is 46.1 Å². The van der Waals surface area contributed by atoms with Gasteiger partial charge in [-0.25, -0.2) is 4.79 Å². The Morgan fingerprint density at radius 1 is 1.22 bits per heavy atom. The van der Waals surface area contributed by atoms with E-state index in [1.807, 2.05) is 6.92 Å². The van der Waals surface area contributed by atoms with Crippen molar-refractivity contribution in [2.45, 2.75) is 77.1 Å². The number of ether oxygens (including phenoxy) is 1. The lowest BCUT2D eigenvalue weighted by Crippen LogP contribution is -2.55. The molecule has 0 aliphatic heterocycles. The number of rotatable bonds is 10. The first-order valence-corrected chi connectivity index (χ1v) is 11.1. The van der Waals surface area contributed by atoms with Crippen molar-refractivity contribution in [3.05, 3.63) is 29.8 Å². The Balaban J connectivity index is 2.34. The van der Waals surface area contributed by atoms with Crippen LogP contribution in [0.1, 0.15) is 65.0 Å². The van der Waals surface area contributed by atoms with Gasteiger partial charge in [-0.1, -0.05) is 31.5 Å². The number of aliphatic hydroxyl groups excluding tert-OH is 1. The number of nitrogens with zero attached hydrogens (tertiary/aromatic N) is 1. The lowest BCUT2D eigenvalue weighted by molar-refractivity contribution is -0.144. The predicted octanol–water partition coefficient (Wildman–Crippen LogP) is 2.23. The van der Waals surface area contributed by atoms with Crippen molar-refractivity contribution in [1.82, 2.24) is 15.5 Å². The van der Waals surface area contributed by atoms with E-state index >= 15 is 0 Å². The number of hydrogen-bond acceptors (Lipinski definition) is 6. The van der Waals surface area contributed by atoms with Gasteiger partial charge in [0.05, 0.1) is 6.61 Å². The molecule has 0 radical (unpaired) electrons. The number of aromatic hydroxyl groups is 1. The van der Waals surface area contributed by atoms with Crippen LogP contribution < -0.4 is 10.6 Å². The van der Waals surface area contributed by atoms with Crippen LogP contribution >= 0.6 is 0 Å². The number of phenolic OH excluding ortho intramolecular Hbond substituents is 1. The molecule has 0 spiro atoms. The van der Waals surface area contributed by atoms with Crippen LogP contribution in [0.4, 0.5) is 4.79 Å². The summed E-state index contributed by atoms with van der Waals surface area (Å²) in [7, 11) is 0. The fourth-order valence-corrected chi connectivity index (χ4v) is 3.31. The summed E-state index contributed by atoms with van der Waals surface area (Å²) in [6.45, 7) is 6.84. The molecule has 1 aromatic rings. The Morgan fingerprint density at radius 2 is 1.88 bits per heavy atom. The van der Waals surface area contributed by atoms with Crippen LogP contribution in [0.25, 0.3) is 0 Å². The minimum absolute atomic E-state index is 0.109. The summed E-state index contributed by atoms with van der Waals surface area (Å²) in [5.41, 5.74) is -0.489. The Labute approximate surface area is 189 Å². The summed E-state index contributed by atoms with van der Waals surface area (Å²) >= 11 is 0. The Kier molecular flexibility index (Phi) is 8.89. The number of carbonyl (C=O) groups excluding carboxylic acids is 3. The molecule has 9 heteroatoms. The van der Waals surface area contributed by atoms with E-state index in [1.165, 1.54) is 11.0 Å². The highest BCUT2D eigenvalue weighted by atomic mass is 16.6. The quantitative estimate of drug-likeness (QED) is 0.406. The molecule has 0 aromatic heterocycles. The molecule has 1 saturated carbocycles. The van der Waals surface area contributed by atoms with Crippen molar-refractivity contribution in [1.29, 1.82) is 0 Å². The summed E-state index contributed by atoms with van der Waals surface area (Å²) in [4.78, 5) is 40.2. The van der Waals surface area contributed by atoms with E-state index in [4.69, 9.17) is 4.74 Å². The minimum atomic E-state index is -1.29. The van der Waals surface area contributed by atoms with Crippen molar-refractivity contribution < 1.29 is 29.3 Å². The van der Waals surface area contributed by atoms with Gasteiger partial charge >= 0.3 is 6.09 Å². The molecule has 32 heavy (non-hydrogen) atoms. The molecule has 2 rings (SSSR count). The van der Waals surface area contributed by atoms with Gasteiger partial charge in [-0.3, -0.25) is 9.59 Å². The van der Waals surface area contributed by atoms with Crippen LogP contribution in [-0.4, -0.2) is 63.9 Å². The van der Waals surface area contributed by atoms with Gasteiger partial charge in [-0.15, -0.1) is 0 Å². The zero-order valence-electron chi connectivity index (χ0n) is 19.3. The Morgan fingerprint density at radius 3 is 2.41 bits per heavy atom. The normalized spacial score (nSPS) is 15.4. The first kappa shape index (κ1) is 25.5. The van der Waals surface area contributed by atoms with Crippen LogP contribution in [0.3, 0.4) is 0 Å². The molecule has 9 nitrogen and oxygen atoms in total. The SMILES string of the molecule is CCCCNC(=O)C(c1ccccc1O)N(C(=O)C(CO)NC(=O)OC(C)(C)C)C1CC1. The molecular weight excluding hydrogens is 414 g/mol. The fourth-order valence-electron chi connectivity index (χ4n) is 3.31. The third-order valence-electron chi connectivity index (χ3n) is 4.95. The molecule has 178 valence electrons. The maximum absolute atomic E-state index is 13.5. The molecule has 0 saturated heterocycles. The summed E-state index contributed by atoms with van der Waals surface area (Å²) < 4.78 is 5.20. The molecule has 1 aliphatic carbocycles. The lowest BCUT2D eigenvalue weighted by atomic mass is 10.0. The minimum Gasteiger partial charge on any atom is -0.508 e. The standard InChI is InChI=1S/C23H35N3O6/c1-5-6-13-24-20(29)19(16-9-7-8-10-18(16)28)26(15-11-12-15)21(30)17(14-27)25-22(31)32-23(2,3)4/h7-10,15,17,19,27-28H,5-6,11-14H2,1-4H3,(H,24,29)(H,25,31). The third-order valence-corrected chi connectivity index (χ3v) is 4.95. The second-order valence-electron chi connectivity index (χ2n) is 8.96. The third kappa shape index (κ3) is 7.12. The van der Waals surface area contributed by atoms with Crippen molar-refractivity contribution in [2.75, 3.05) is 13.2 Å². The summed E-state index contributed by atoms with van der Waals surface area (Å²) in [5.74, 6) is -1.14. The fraction of sp³-hybridized carbons (Fsp3) is 0.609. The number of unbranched alkanes of at least 4 members (excludes halogenated alkanes) is 1. The van der Waals surface area contributed by atoms with Crippen molar-refractivity contribution in [2.24, 2.45) is 0 Å². The molecule has 1 aromatic carbocycles. The largest absolute Gasteiger partial charge is 0.508 e. The van der Waals surface area contributed by atoms with Crippen LogP contribution in [0, 0.1) is 0 Å². The summed E-state index contributed by atoms with van der Waals surface area (Å²) in [6.07, 6.45) is 2.19. The molecule has 2 unspecified atom stereocenters. The van der Waals surface area contributed by atoms with Gasteiger partial charge in [0, 0.05) is 18.2 Å². The highest BCUT2D eigenvalue weighted by molar-refractivity contribution is 5.93. The zero-order chi connectivity index (χ0) is 23.9. The molecule has 1 aliphatic rings. The van der Waals surface area contributed by atoms with E-state index in [2.05, 4.69) is 10.6 Å². The van der Waals surface area contributed by atoms with Gasteiger partial charge in [0.2, 0.25) is 11.8 Å². The summed E-state index contributed by atoms with van der Waals surface area (Å²) in [5, 5.41) is 25.5. The number of aliphatic hydroxyl groups is 1. The molecule has 3 amide bonds. The number of hydrogen-bond donors (Lipinski definition) is 4. The van der Waals surface area contributed by atoms with E-state index in [9.17, 15) is 24.6 Å². The maximum atomic E-state index is 13.5. The molecule has 1 fully saturated rings. The lowest BCUT2D eigenvalue weighted by Gasteiger charge is -2.34. The van der Waals surface area contributed by atoms with Crippen LogP contribution in [0.5, 0.6) is 5.75 Å². The van der Waals surface area contributed by atoms with Gasteiger partial charge in [-0.2, -0.15) is 0 Å². The smallest absolute Gasteiger partial charge is 0.408 e. The Bertz CT molecular complexity index is 803. The number of alkyl carbamates (subject to hydrolysis) is 1. The second kappa shape index (κ2) is 11.2. The van der Waals surface area contributed by atoms with Crippen molar-refractivity contribution in [3.63, 3.8) is 0 Å². The predicted molar refractivity (Wildman–Crippen MR) is 119 cm³/mol. The van der Waals surface area contributed by atoms with E-state index in [1.54, 1.807) is 39.0 Å². The highest BCUT2D eigenvalue weighted by Gasteiger charge is 2.44. The first-order chi connectivity index (χ1) is 15.1. The first-order valence-electron chi connectivity index (χ1n) is 11.1. The van der Waals surface area contributed by atoms with E-state index < -0.39 is 42.2 Å². The average molecular weight is 450 g/mol. The van der Waals surface area contributed by atoms with E-state index in [0.29, 0.717) is 19.4 Å². The van der Waals surface area contributed by atoms with Gasteiger partial charge in [0.15, 0.2) is 0 Å². The van der Waals surface area contributed by atoms with Crippen LogP contribution in [0.15, 0.2) is 24.3 Å². The molecule has 2 atom stereocenters.